The van der Waals surface area contributed by atoms with E-state index in [1.807, 2.05) is 0 Å². The number of halogens is 2. The van der Waals surface area contributed by atoms with Gasteiger partial charge in [0.2, 0.25) is 0 Å². The van der Waals surface area contributed by atoms with Gasteiger partial charge in [0.05, 0.1) is 0 Å². The van der Waals surface area contributed by atoms with Gasteiger partial charge in [0, 0.05) is 6.07 Å². The van der Waals surface area contributed by atoms with Crippen LogP contribution in [0.2, 0.25) is 0 Å². The Hall–Kier alpha value is -2.10. The highest BCUT2D eigenvalue weighted by Crippen LogP contribution is 2.19. The predicted molar refractivity (Wildman–Crippen MR) is 58.8 cm³/mol. The number of phenols is 1. The van der Waals surface area contributed by atoms with Gasteiger partial charge in [-0.15, -0.1) is 0 Å². The first-order chi connectivity index (χ1) is 8.15. The Kier molecular flexibility index (Phi) is 3.23. The molecular weight excluding hydrogens is 226 g/mol. The lowest BCUT2D eigenvalue weighted by atomic mass is 10.2. The molecule has 1 N–H and O–H groups in total. The summed E-state index contributed by atoms with van der Waals surface area (Å²) in [6, 6.07) is 9.84. The van der Waals surface area contributed by atoms with Gasteiger partial charge < -0.3 is 9.84 Å². The summed E-state index contributed by atoms with van der Waals surface area (Å²) >= 11 is 0. The van der Waals surface area contributed by atoms with Crippen LogP contribution in [0.25, 0.3) is 0 Å². The van der Waals surface area contributed by atoms with Crippen molar-refractivity contribution >= 4 is 0 Å². The van der Waals surface area contributed by atoms with E-state index in [-0.39, 0.29) is 12.4 Å². The molecule has 2 aromatic rings. The summed E-state index contributed by atoms with van der Waals surface area (Å²) in [6.45, 7) is 0.112. The molecule has 4 heteroatoms. The number of benzene rings is 2. The summed E-state index contributed by atoms with van der Waals surface area (Å²) in [7, 11) is 0. The molecule has 2 rings (SSSR count). The summed E-state index contributed by atoms with van der Waals surface area (Å²) in [5.41, 5.74) is 0.521. The number of hydrogen-bond donors (Lipinski definition) is 1. The Morgan fingerprint density at radius 3 is 2.53 bits per heavy atom. The molecule has 0 fully saturated rings. The molecule has 0 aliphatic rings. The van der Waals surface area contributed by atoms with Crippen LogP contribution in [0.3, 0.4) is 0 Å². The molecule has 0 aliphatic heterocycles. The van der Waals surface area contributed by atoms with Crippen molar-refractivity contribution in [3.63, 3.8) is 0 Å². The molecule has 0 amide bonds. The van der Waals surface area contributed by atoms with E-state index in [2.05, 4.69) is 0 Å². The van der Waals surface area contributed by atoms with Crippen LogP contribution < -0.4 is 4.74 Å². The SMILES string of the molecule is Oc1cccc(OCc2ccc(F)c(F)c2)c1. The number of hydrogen-bond acceptors (Lipinski definition) is 2. The van der Waals surface area contributed by atoms with E-state index >= 15 is 0 Å². The zero-order chi connectivity index (χ0) is 12.3. The normalized spacial score (nSPS) is 10.2. The van der Waals surface area contributed by atoms with Crippen LogP contribution in [0.15, 0.2) is 42.5 Å². The molecule has 0 aromatic heterocycles. The van der Waals surface area contributed by atoms with Crippen molar-refractivity contribution in [3.8, 4) is 11.5 Å². The minimum Gasteiger partial charge on any atom is -0.508 e. The van der Waals surface area contributed by atoms with Gasteiger partial charge in [-0.25, -0.2) is 8.78 Å². The maximum atomic E-state index is 12.9. The van der Waals surface area contributed by atoms with Crippen LogP contribution in [0.4, 0.5) is 8.78 Å². The van der Waals surface area contributed by atoms with Crippen molar-refractivity contribution in [2.24, 2.45) is 0 Å². The first-order valence-corrected chi connectivity index (χ1v) is 5.01. The largest absolute Gasteiger partial charge is 0.508 e. The zero-order valence-corrected chi connectivity index (χ0v) is 8.86. The maximum Gasteiger partial charge on any atom is 0.159 e. The topological polar surface area (TPSA) is 29.5 Å². The zero-order valence-electron chi connectivity index (χ0n) is 8.86. The third kappa shape index (κ3) is 2.93. The van der Waals surface area contributed by atoms with E-state index in [1.54, 1.807) is 12.1 Å². The highest BCUT2D eigenvalue weighted by atomic mass is 19.2. The minimum absolute atomic E-state index is 0.0905. The molecule has 2 nitrogen and oxygen atoms in total. The Labute approximate surface area is 97.1 Å². The molecule has 0 aliphatic carbocycles. The van der Waals surface area contributed by atoms with Gasteiger partial charge in [-0.05, 0) is 29.8 Å². The van der Waals surface area contributed by atoms with E-state index in [1.165, 1.54) is 18.2 Å². The first kappa shape index (κ1) is 11.4. The highest BCUT2D eigenvalue weighted by molar-refractivity contribution is 5.32. The van der Waals surface area contributed by atoms with Crippen molar-refractivity contribution in [2.45, 2.75) is 6.61 Å². The van der Waals surface area contributed by atoms with Crippen molar-refractivity contribution in [2.75, 3.05) is 0 Å². The molecular formula is C13H10F2O2. The monoisotopic (exact) mass is 236 g/mol. The average molecular weight is 236 g/mol. The molecule has 0 saturated heterocycles. The van der Waals surface area contributed by atoms with Gasteiger partial charge in [0.15, 0.2) is 11.6 Å². The average Bonchev–Trinajstić information content (AvgIpc) is 2.31. The Balaban J connectivity index is 2.05. The van der Waals surface area contributed by atoms with E-state index in [0.29, 0.717) is 11.3 Å². The Bertz CT molecular complexity index is 527. The van der Waals surface area contributed by atoms with Crippen LogP contribution >= 0.6 is 0 Å². The number of rotatable bonds is 3. The predicted octanol–water partition coefficient (Wildman–Crippen LogP) is 3.25. The van der Waals surface area contributed by atoms with Crippen LogP contribution in [0.5, 0.6) is 11.5 Å². The first-order valence-electron chi connectivity index (χ1n) is 5.01. The molecule has 0 unspecified atom stereocenters. The van der Waals surface area contributed by atoms with Crippen molar-refractivity contribution in [1.29, 1.82) is 0 Å². The number of phenolic OH excluding ortho intramolecular Hbond substituents is 1. The van der Waals surface area contributed by atoms with E-state index in [0.717, 1.165) is 12.1 Å². The van der Waals surface area contributed by atoms with Gasteiger partial charge in [-0.2, -0.15) is 0 Å². The third-order valence-electron chi connectivity index (χ3n) is 2.21. The quantitative estimate of drug-likeness (QED) is 0.886. The van der Waals surface area contributed by atoms with Crippen molar-refractivity contribution < 1.29 is 18.6 Å². The fraction of sp³-hybridized carbons (Fsp3) is 0.0769. The minimum atomic E-state index is -0.901. The van der Waals surface area contributed by atoms with Gasteiger partial charge in [-0.1, -0.05) is 12.1 Å². The van der Waals surface area contributed by atoms with Crippen molar-refractivity contribution in [3.05, 3.63) is 59.7 Å². The second kappa shape index (κ2) is 4.82. The summed E-state index contributed by atoms with van der Waals surface area (Å²) in [4.78, 5) is 0. The molecule has 2 aromatic carbocycles. The second-order valence-corrected chi connectivity index (χ2v) is 3.53. The molecule has 0 heterocycles. The standard InChI is InChI=1S/C13H10F2O2/c14-12-5-4-9(6-13(12)15)8-17-11-3-1-2-10(16)7-11/h1-7,16H,8H2. The van der Waals surface area contributed by atoms with Gasteiger partial charge in [-0.3, -0.25) is 0 Å². The van der Waals surface area contributed by atoms with Crippen LogP contribution in [0.1, 0.15) is 5.56 Å². The lowest BCUT2D eigenvalue weighted by Gasteiger charge is -2.06. The van der Waals surface area contributed by atoms with Crippen LogP contribution in [-0.2, 0) is 6.61 Å². The van der Waals surface area contributed by atoms with E-state index in [4.69, 9.17) is 4.74 Å². The Morgan fingerprint density at radius 2 is 1.82 bits per heavy atom. The van der Waals surface area contributed by atoms with E-state index < -0.39 is 11.6 Å². The fourth-order valence-electron chi connectivity index (χ4n) is 1.37. The molecule has 0 atom stereocenters. The van der Waals surface area contributed by atoms with Gasteiger partial charge in [0.25, 0.3) is 0 Å². The molecule has 0 bridgehead atoms. The summed E-state index contributed by atoms with van der Waals surface area (Å²) in [5, 5.41) is 9.20. The molecule has 0 radical (unpaired) electrons. The molecule has 0 spiro atoms. The molecule has 17 heavy (non-hydrogen) atoms. The van der Waals surface area contributed by atoms with Gasteiger partial charge >= 0.3 is 0 Å². The summed E-state index contributed by atoms with van der Waals surface area (Å²) < 4.78 is 30.9. The summed E-state index contributed by atoms with van der Waals surface area (Å²) in [6.07, 6.45) is 0. The smallest absolute Gasteiger partial charge is 0.159 e. The third-order valence-corrected chi connectivity index (χ3v) is 2.21. The lowest BCUT2D eigenvalue weighted by Crippen LogP contribution is -1.96. The Morgan fingerprint density at radius 1 is 1.00 bits per heavy atom. The van der Waals surface area contributed by atoms with Crippen LogP contribution in [0, 0.1) is 11.6 Å². The molecule has 0 saturated carbocycles. The fourth-order valence-corrected chi connectivity index (χ4v) is 1.37. The summed E-state index contributed by atoms with van der Waals surface area (Å²) in [5.74, 6) is -1.23. The number of ether oxygens (including phenoxy) is 1. The van der Waals surface area contributed by atoms with E-state index in [9.17, 15) is 13.9 Å². The van der Waals surface area contributed by atoms with Crippen LogP contribution in [-0.4, -0.2) is 5.11 Å². The maximum absolute atomic E-state index is 12.9. The van der Waals surface area contributed by atoms with Gasteiger partial charge in [0.1, 0.15) is 18.1 Å². The molecule has 88 valence electrons. The number of aromatic hydroxyl groups is 1. The highest BCUT2D eigenvalue weighted by Gasteiger charge is 2.03. The second-order valence-electron chi connectivity index (χ2n) is 3.53. The van der Waals surface area contributed by atoms with Crippen molar-refractivity contribution in [1.82, 2.24) is 0 Å². The lowest BCUT2D eigenvalue weighted by molar-refractivity contribution is 0.303.